The SMILES string of the molecule is N=C(N)NCCC[C@H](NC(=O)CN)C(=O)N[C@@H](CCCCN)C(=O)N[C@@H](CCCCN)C(=O)N[C@@H](CCCNC(=N)N)C(=O)N[C@@H](CCCNC(=N)N)C(=O)N[C@@H](CCCNC(=N)N)C(=O)N[C@@H](CCCNC(=N)N)C(=O)N[C@@H](CCCNC(=N)N)C(=O)N[C@@H](CCC(N)=O)C(N)=O. The summed E-state index contributed by atoms with van der Waals surface area (Å²) < 4.78 is 0. The standard InChI is InChI=1S/C55H110N32O11/c56-21-3-1-11-32(81-42(91)31(79-40(89)29-58)13-5-23-73-50(61)62)44(93)82-33(12-2-4-22-57)45(94)84-35(15-7-25-75-52(65)66)47(96)86-37(17-9-27-77-54(69)70)49(98)87-38(18-10-28-78-55(71)72)48(97)85-36(16-8-26-76-53(67)68)46(95)83-34(14-6-24-74-51(63)64)43(92)80-30(41(60)90)19-20-39(59)88/h30-38H,1-29,56-58H2,(H2,59,88)(H2,60,90)(H,79,89)(H,80,92)(H,81,91)(H,82,93)(H,83,95)(H,84,94)(H,85,97)(H,86,96)(H,87,98)(H4,61,62,73)(H4,63,64,74)(H4,65,66,75)(H4,67,68,76)(H4,69,70,77)(H4,71,72,78)/t30-,31-,32-,33-,34-,35-,36-,37-,38-/m0/s1. The molecule has 556 valence electrons. The number of carbonyl (C=O) groups is 11. The van der Waals surface area contributed by atoms with Crippen LogP contribution >= 0.6 is 0 Å². The number of amides is 11. The zero-order valence-corrected chi connectivity index (χ0v) is 55.5. The molecule has 0 unspecified atom stereocenters. The second-order valence-electron chi connectivity index (χ2n) is 22.7. The predicted molar refractivity (Wildman–Crippen MR) is 365 cm³/mol. The first-order chi connectivity index (χ1) is 46.3. The van der Waals surface area contributed by atoms with Gasteiger partial charge in [-0.15, -0.1) is 0 Å². The van der Waals surface area contributed by atoms with Crippen molar-refractivity contribution in [1.82, 2.24) is 79.8 Å². The lowest BCUT2D eigenvalue weighted by atomic mass is 10.0. The Morgan fingerprint density at radius 3 is 0.622 bits per heavy atom. The molecule has 0 saturated carbocycles. The Hall–Kier alpha value is -10.3. The van der Waals surface area contributed by atoms with Gasteiger partial charge in [0.25, 0.3) is 0 Å². The lowest BCUT2D eigenvalue weighted by molar-refractivity contribution is -0.136. The second kappa shape index (κ2) is 51.0. The fourth-order valence-electron chi connectivity index (χ4n) is 9.32. The molecule has 0 rings (SSSR count). The second-order valence-corrected chi connectivity index (χ2v) is 22.7. The van der Waals surface area contributed by atoms with E-state index in [1.54, 1.807) is 0 Å². The van der Waals surface area contributed by atoms with Crippen LogP contribution in [0.1, 0.15) is 128 Å². The van der Waals surface area contributed by atoms with E-state index in [4.69, 9.17) is 95.5 Å². The van der Waals surface area contributed by atoms with Crippen LogP contribution < -0.4 is 143 Å². The van der Waals surface area contributed by atoms with Crippen LogP contribution in [0.2, 0.25) is 0 Å². The normalized spacial score (nSPS) is 13.5. The van der Waals surface area contributed by atoms with E-state index in [0.29, 0.717) is 19.3 Å². The maximum Gasteiger partial charge on any atom is 0.243 e. The summed E-state index contributed by atoms with van der Waals surface area (Å²) in [4.78, 5) is 152. The van der Waals surface area contributed by atoms with Crippen molar-refractivity contribution in [1.29, 1.82) is 32.5 Å². The molecule has 0 saturated heterocycles. The molecule has 43 N–H and O–H groups in total. The Labute approximate surface area is 568 Å². The molecule has 43 nitrogen and oxygen atoms in total. The molecule has 0 heterocycles. The van der Waals surface area contributed by atoms with Crippen molar-refractivity contribution in [3.05, 3.63) is 0 Å². The molecule has 0 bridgehead atoms. The third kappa shape index (κ3) is 42.2. The van der Waals surface area contributed by atoms with E-state index >= 15 is 0 Å². The highest BCUT2D eigenvalue weighted by Crippen LogP contribution is 2.12. The highest BCUT2D eigenvalue weighted by molar-refractivity contribution is 5.99. The predicted octanol–water partition coefficient (Wildman–Crippen LogP) is -11.1. The van der Waals surface area contributed by atoms with E-state index in [9.17, 15) is 52.7 Å². The monoisotopic (exact) mass is 1390 g/mol. The van der Waals surface area contributed by atoms with E-state index in [0.717, 1.165) is 0 Å². The molecule has 0 aromatic rings. The van der Waals surface area contributed by atoms with Crippen molar-refractivity contribution in [3.63, 3.8) is 0 Å². The van der Waals surface area contributed by atoms with E-state index in [2.05, 4.69) is 79.8 Å². The molecule has 98 heavy (non-hydrogen) atoms. The third-order valence-electron chi connectivity index (χ3n) is 14.4. The van der Waals surface area contributed by atoms with Crippen LogP contribution in [-0.4, -0.2) is 214 Å². The van der Waals surface area contributed by atoms with Gasteiger partial charge in [0.15, 0.2) is 35.8 Å². The first-order valence-corrected chi connectivity index (χ1v) is 32.2. The van der Waals surface area contributed by atoms with Crippen molar-refractivity contribution in [2.45, 2.75) is 183 Å². The third-order valence-corrected chi connectivity index (χ3v) is 14.4. The Morgan fingerprint density at radius 2 is 0.449 bits per heavy atom. The van der Waals surface area contributed by atoms with E-state index in [-0.39, 0.29) is 167 Å². The fraction of sp³-hybridized carbons (Fsp3) is 0.691. The Balaban J connectivity index is 7.63. The molecule has 0 fully saturated rings. The Bertz CT molecular complexity index is 2640. The van der Waals surface area contributed by atoms with Gasteiger partial charge in [0.1, 0.15) is 54.4 Å². The summed E-state index contributed by atoms with van der Waals surface area (Å²) >= 11 is 0. The van der Waals surface area contributed by atoms with Gasteiger partial charge in [0, 0.05) is 45.7 Å². The Kier molecular flexibility index (Phi) is 45.6. The number of unbranched alkanes of at least 4 members (excludes halogenated alkanes) is 2. The molecule has 0 radical (unpaired) electrons. The summed E-state index contributed by atoms with van der Waals surface area (Å²) in [5.41, 5.74) is 60.8. The minimum atomic E-state index is -1.56. The van der Waals surface area contributed by atoms with Crippen LogP contribution in [0.15, 0.2) is 0 Å². The number of primary amides is 2. The zero-order valence-electron chi connectivity index (χ0n) is 55.5. The van der Waals surface area contributed by atoms with Crippen LogP contribution in [0.25, 0.3) is 0 Å². The minimum absolute atomic E-state index is 0.00459. The van der Waals surface area contributed by atoms with Gasteiger partial charge in [-0.1, -0.05) is 0 Å². The van der Waals surface area contributed by atoms with E-state index < -0.39 is 156 Å². The molecule has 9 atom stereocenters. The van der Waals surface area contributed by atoms with Crippen molar-refractivity contribution in [3.8, 4) is 0 Å². The largest absolute Gasteiger partial charge is 0.370 e. The highest BCUT2D eigenvalue weighted by Gasteiger charge is 2.35. The molecular formula is C55H110N32O11. The number of hydrogen-bond donors (Lipinski definition) is 32. The molecule has 11 amide bonds. The average molecular weight is 1400 g/mol. The number of rotatable bonds is 54. The van der Waals surface area contributed by atoms with Crippen molar-refractivity contribution in [2.24, 2.45) is 63.1 Å². The van der Waals surface area contributed by atoms with Crippen LogP contribution in [0.5, 0.6) is 0 Å². The lowest BCUT2D eigenvalue weighted by Gasteiger charge is -2.28. The Morgan fingerprint density at radius 1 is 0.255 bits per heavy atom. The first-order valence-electron chi connectivity index (χ1n) is 32.2. The van der Waals surface area contributed by atoms with Gasteiger partial charge < -0.3 is 143 Å². The summed E-state index contributed by atoms with van der Waals surface area (Å²) in [5, 5.41) is 84.6. The van der Waals surface area contributed by atoms with Gasteiger partial charge in [-0.25, -0.2) is 0 Å². The maximum atomic E-state index is 14.8. The summed E-state index contributed by atoms with van der Waals surface area (Å²) in [6.07, 6.45) is 0.338. The highest BCUT2D eigenvalue weighted by atomic mass is 16.2. The summed E-state index contributed by atoms with van der Waals surface area (Å²) in [6, 6.07) is -12.9. The topological polar surface area (TPSA) is 798 Å². The molecule has 0 aliphatic heterocycles. The number of nitrogens with two attached hydrogens (primary N) is 11. The van der Waals surface area contributed by atoms with Gasteiger partial charge in [-0.3, -0.25) is 85.2 Å². The first kappa shape index (κ1) is 87.7. The average Bonchev–Trinajstić information content (AvgIpc) is 0.874. The molecule has 0 aliphatic rings. The van der Waals surface area contributed by atoms with E-state index in [1.807, 2.05) is 0 Å². The number of guanidine groups is 6. The van der Waals surface area contributed by atoms with Gasteiger partial charge in [0.05, 0.1) is 6.54 Å². The number of hydrogen-bond acceptors (Lipinski definition) is 20. The molecule has 0 aromatic carbocycles. The summed E-state index contributed by atoms with van der Waals surface area (Å²) in [6.45, 7) is 0.167. The van der Waals surface area contributed by atoms with Gasteiger partial charge in [-0.2, -0.15) is 0 Å². The molecule has 43 heteroatoms. The summed E-state index contributed by atoms with van der Waals surface area (Å²) in [7, 11) is 0. The molecule has 0 aliphatic carbocycles. The molecular weight excluding hydrogens is 1280 g/mol. The number of carbonyl (C=O) groups excluding carboxylic acids is 11. The van der Waals surface area contributed by atoms with Gasteiger partial charge in [0.2, 0.25) is 65.0 Å². The van der Waals surface area contributed by atoms with Crippen LogP contribution in [-0.2, 0) is 52.7 Å². The van der Waals surface area contributed by atoms with Crippen molar-refractivity contribution >= 4 is 101 Å². The van der Waals surface area contributed by atoms with Crippen molar-refractivity contribution in [2.75, 3.05) is 58.9 Å². The lowest BCUT2D eigenvalue weighted by Crippen LogP contribution is -2.60. The molecule has 0 spiro atoms. The van der Waals surface area contributed by atoms with Crippen LogP contribution in [0, 0.1) is 32.5 Å². The number of nitrogens with one attached hydrogen (secondary N) is 21. The van der Waals surface area contributed by atoms with Crippen LogP contribution in [0.4, 0.5) is 0 Å². The summed E-state index contributed by atoms with van der Waals surface area (Å²) in [5.74, 6) is -12.2. The van der Waals surface area contributed by atoms with Gasteiger partial charge >= 0.3 is 0 Å². The molecule has 0 aromatic heterocycles. The fourth-order valence-corrected chi connectivity index (χ4v) is 9.32. The van der Waals surface area contributed by atoms with Gasteiger partial charge in [-0.05, 0) is 135 Å². The van der Waals surface area contributed by atoms with E-state index in [1.165, 1.54) is 0 Å². The maximum absolute atomic E-state index is 14.8. The zero-order chi connectivity index (χ0) is 74.1. The quantitative estimate of drug-likeness (QED) is 0.0153. The smallest absolute Gasteiger partial charge is 0.243 e. The minimum Gasteiger partial charge on any atom is -0.370 e. The van der Waals surface area contributed by atoms with Crippen LogP contribution in [0.3, 0.4) is 0 Å². The van der Waals surface area contributed by atoms with Crippen molar-refractivity contribution < 1.29 is 52.7 Å².